The van der Waals surface area contributed by atoms with E-state index in [9.17, 15) is 9.59 Å². The molecule has 148 valence electrons. The lowest BCUT2D eigenvalue weighted by Gasteiger charge is -2.38. The van der Waals surface area contributed by atoms with Gasteiger partial charge in [-0.1, -0.05) is 0 Å². The second kappa shape index (κ2) is 9.22. The molecule has 0 spiro atoms. The summed E-state index contributed by atoms with van der Waals surface area (Å²) in [5, 5.41) is 2.90. The van der Waals surface area contributed by atoms with Gasteiger partial charge in [0.15, 0.2) is 6.61 Å². The summed E-state index contributed by atoms with van der Waals surface area (Å²) in [5.74, 6) is 0.494. The Bertz CT molecular complexity index is 630. The zero-order chi connectivity index (χ0) is 19.2. The third-order valence-corrected chi connectivity index (χ3v) is 5.47. The van der Waals surface area contributed by atoms with Crippen LogP contribution in [0.4, 0.5) is 0 Å². The van der Waals surface area contributed by atoms with Crippen molar-refractivity contribution >= 4 is 11.8 Å². The molecule has 0 radical (unpaired) electrons. The normalized spacial score (nSPS) is 25.3. The average molecular weight is 374 g/mol. The molecule has 2 heterocycles. The minimum absolute atomic E-state index is 0.0214. The first kappa shape index (κ1) is 19.7. The summed E-state index contributed by atoms with van der Waals surface area (Å²) >= 11 is 0. The molecule has 2 amide bonds. The van der Waals surface area contributed by atoms with Gasteiger partial charge in [0.1, 0.15) is 5.75 Å². The molecular weight excluding hydrogens is 344 g/mol. The van der Waals surface area contributed by atoms with Crippen LogP contribution in [-0.4, -0.2) is 54.7 Å². The van der Waals surface area contributed by atoms with Crippen molar-refractivity contribution in [1.82, 2.24) is 10.2 Å². The minimum atomic E-state index is -0.121. The highest BCUT2D eigenvalue weighted by molar-refractivity contribution is 5.94. The Morgan fingerprint density at radius 3 is 2.44 bits per heavy atom. The van der Waals surface area contributed by atoms with E-state index >= 15 is 0 Å². The fourth-order valence-corrected chi connectivity index (χ4v) is 3.95. The number of piperidine rings is 1. The monoisotopic (exact) mass is 374 g/mol. The van der Waals surface area contributed by atoms with Gasteiger partial charge in [-0.05, 0) is 70.2 Å². The van der Waals surface area contributed by atoms with Crippen molar-refractivity contribution in [3.05, 3.63) is 29.8 Å². The van der Waals surface area contributed by atoms with Crippen molar-refractivity contribution in [2.45, 2.75) is 64.1 Å². The van der Waals surface area contributed by atoms with Gasteiger partial charge < -0.3 is 19.7 Å². The summed E-state index contributed by atoms with van der Waals surface area (Å²) in [4.78, 5) is 26.6. The predicted molar refractivity (Wildman–Crippen MR) is 103 cm³/mol. The van der Waals surface area contributed by atoms with Crippen LogP contribution in [0, 0.1) is 0 Å². The molecule has 3 atom stereocenters. The Hall–Kier alpha value is -2.08. The minimum Gasteiger partial charge on any atom is -0.484 e. The van der Waals surface area contributed by atoms with E-state index in [-0.39, 0.29) is 36.6 Å². The van der Waals surface area contributed by atoms with Crippen molar-refractivity contribution in [3.8, 4) is 5.75 Å². The Morgan fingerprint density at radius 1 is 1.11 bits per heavy atom. The summed E-state index contributed by atoms with van der Waals surface area (Å²) in [5.41, 5.74) is 0.574. The van der Waals surface area contributed by atoms with Crippen LogP contribution < -0.4 is 10.1 Å². The van der Waals surface area contributed by atoms with Crippen molar-refractivity contribution < 1.29 is 19.1 Å². The number of hydrogen-bond acceptors (Lipinski definition) is 4. The highest BCUT2D eigenvalue weighted by Crippen LogP contribution is 2.23. The molecule has 0 bridgehead atoms. The van der Waals surface area contributed by atoms with Gasteiger partial charge in [-0.15, -0.1) is 0 Å². The molecule has 3 unspecified atom stereocenters. The smallest absolute Gasteiger partial charge is 0.260 e. The fourth-order valence-electron chi connectivity index (χ4n) is 3.95. The van der Waals surface area contributed by atoms with Crippen LogP contribution in [0.3, 0.4) is 0 Å². The Morgan fingerprint density at radius 2 is 1.81 bits per heavy atom. The van der Waals surface area contributed by atoms with Gasteiger partial charge in [0, 0.05) is 30.8 Å². The SMILES string of the molecule is CC1CCCC(C)N1C(=O)COc1ccc(C(=O)NCC2CCCO2)cc1. The van der Waals surface area contributed by atoms with Crippen molar-refractivity contribution in [3.63, 3.8) is 0 Å². The van der Waals surface area contributed by atoms with Crippen molar-refractivity contribution in [2.75, 3.05) is 19.8 Å². The topological polar surface area (TPSA) is 67.9 Å². The van der Waals surface area contributed by atoms with Crippen molar-refractivity contribution in [1.29, 1.82) is 0 Å². The van der Waals surface area contributed by atoms with Crippen LogP contribution >= 0.6 is 0 Å². The van der Waals surface area contributed by atoms with Gasteiger partial charge in [0.05, 0.1) is 6.10 Å². The van der Waals surface area contributed by atoms with E-state index in [0.717, 1.165) is 32.3 Å². The summed E-state index contributed by atoms with van der Waals surface area (Å²) in [6.45, 7) is 5.53. The number of amides is 2. The maximum atomic E-state index is 12.5. The molecule has 1 aromatic carbocycles. The van der Waals surface area contributed by atoms with E-state index < -0.39 is 0 Å². The van der Waals surface area contributed by atoms with Crippen LogP contribution in [0.2, 0.25) is 0 Å². The highest BCUT2D eigenvalue weighted by atomic mass is 16.5. The first-order valence-corrected chi connectivity index (χ1v) is 9.98. The molecule has 2 saturated heterocycles. The number of rotatable bonds is 6. The van der Waals surface area contributed by atoms with Crippen LogP contribution in [-0.2, 0) is 9.53 Å². The number of hydrogen-bond donors (Lipinski definition) is 1. The van der Waals surface area contributed by atoms with E-state index in [1.54, 1.807) is 24.3 Å². The third kappa shape index (κ3) is 5.22. The number of nitrogens with one attached hydrogen (secondary N) is 1. The second-order valence-corrected chi connectivity index (χ2v) is 7.59. The molecule has 1 N–H and O–H groups in total. The maximum Gasteiger partial charge on any atom is 0.260 e. The van der Waals surface area contributed by atoms with Crippen LogP contribution in [0.25, 0.3) is 0 Å². The van der Waals surface area contributed by atoms with E-state index in [2.05, 4.69) is 19.2 Å². The van der Waals surface area contributed by atoms with E-state index in [1.165, 1.54) is 6.42 Å². The first-order chi connectivity index (χ1) is 13.0. The third-order valence-electron chi connectivity index (χ3n) is 5.47. The zero-order valence-electron chi connectivity index (χ0n) is 16.3. The van der Waals surface area contributed by atoms with Gasteiger partial charge >= 0.3 is 0 Å². The molecular formula is C21H30N2O4. The molecule has 6 heteroatoms. The number of carbonyl (C=O) groups is 2. The lowest BCUT2D eigenvalue weighted by molar-refractivity contribution is -0.139. The maximum absolute atomic E-state index is 12.5. The highest BCUT2D eigenvalue weighted by Gasteiger charge is 2.29. The average Bonchev–Trinajstić information content (AvgIpc) is 3.18. The summed E-state index contributed by atoms with van der Waals surface area (Å²) in [6.07, 6.45) is 5.44. The van der Waals surface area contributed by atoms with Crippen LogP contribution in [0.1, 0.15) is 56.3 Å². The molecule has 1 aromatic rings. The Balaban J connectivity index is 1.47. The molecule has 27 heavy (non-hydrogen) atoms. The first-order valence-electron chi connectivity index (χ1n) is 9.98. The number of ether oxygens (including phenoxy) is 2. The molecule has 0 aromatic heterocycles. The largest absolute Gasteiger partial charge is 0.484 e. The van der Waals surface area contributed by atoms with Gasteiger partial charge in [-0.2, -0.15) is 0 Å². The number of nitrogens with zero attached hydrogens (tertiary/aromatic N) is 1. The molecule has 0 saturated carbocycles. The fraction of sp³-hybridized carbons (Fsp3) is 0.619. The van der Waals surface area contributed by atoms with Crippen LogP contribution in [0.15, 0.2) is 24.3 Å². The molecule has 2 aliphatic heterocycles. The van der Waals surface area contributed by atoms with Gasteiger partial charge in [-0.3, -0.25) is 9.59 Å². The van der Waals surface area contributed by atoms with E-state index in [1.807, 2.05) is 4.90 Å². The second-order valence-electron chi connectivity index (χ2n) is 7.59. The number of benzene rings is 1. The molecule has 0 aliphatic carbocycles. The lowest BCUT2D eigenvalue weighted by atomic mass is 9.97. The van der Waals surface area contributed by atoms with Crippen LogP contribution in [0.5, 0.6) is 5.75 Å². The number of likely N-dealkylation sites (tertiary alicyclic amines) is 1. The summed E-state index contributed by atoms with van der Waals surface area (Å²) in [6, 6.07) is 7.43. The Labute approximate surface area is 161 Å². The Kier molecular flexibility index (Phi) is 6.72. The van der Waals surface area contributed by atoms with E-state index in [4.69, 9.17) is 9.47 Å². The van der Waals surface area contributed by atoms with Gasteiger partial charge in [0.25, 0.3) is 11.8 Å². The molecule has 2 aliphatic rings. The van der Waals surface area contributed by atoms with Gasteiger partial charge in [-0.25, -0.2) is 0 Å². The van der Waals surface area contributed by atoms with Gasteiger partial charge in [0.2, 0.25) is 0 Å². The summed E-state index contributed by atoms with van der Waals surface area (Å²) < 4.78 is 11.2. The molecule has 6 nitrogen and oxygen atoms in total. The quantitative estimate of drug-likeness (QED) is 0.831. The molecule has 2 fully saturated rings. The molecule has 3 rings (SSSR count). The number of carbonyl (C=O) groups excluding carboxylic acids is 2. The van der Waals surface area contributed by atoms with Crippen molar-refractivity contribution in [2.24, 2.45) is 0 Å². The lowest BCUT2D eigenvalue weighted by Crippen LogP contribution is -2.49. The standard InChI is InChI=1S/C21H30N2O4/c1-15-5-3-6-16(2)23(15)20(24)14-27-18-10-8-17(9-11-18)21(25)22-13-19-7-4-12-26-19/h8-11,15-16,19H,3-7,12-14H2,1-2H3,(H,22,25). The zero-order valence-corrected chi connectivity index (χ0v) is 16.3. The summed E-state index contributed by atoms with van der Waals surface area (Å²) in [7, 11) is 0. The predicted octanol–water partition coefficient (Wildman–Crippen LogP) is 2.76. The van der Waals surface area contributed by atoms with E-state index in [0.29, 0.717) is 17.9 Å².